The predicted molar refractivity (Wildman–Crippen MR) is 176 cm³/mol. The molecule has 0 bridgehead atoms. The number of oxazole rings is 1. The minimum absolute atomic E-state index is 0.210. The Kier molecular flexibility index (Phi) is 9.55. The Morgan fingerprint density at radius 2 is 1.82 bits per heavy atom. The fourth-order valence-corrected chi connectivity index (χ4v) is 6.32. The lowest BCUT2D eigenvalue weighted by atomic mass is 9.89. The van der Waals surface area contributed by atoms with E-state index in [0.29, 0.717) is 25.0 Å². The van der Waals surface area contributed by atoms with Gasteiger partial charge in [-0.3, -0.25) is 14.7 Å². The molecule has 0 fully saturated rings. The number of carboxylic acids is 1. The molecule has 1 unspecified atom stereocenters. The van der Waals surface area contributed by atoms with Crippen LogP contribution in [0.1, 0.15) is 71.8 Å². The van der Waals surface area contributed by atoms with Gasteiger partial charge in [0.25, 0.3) is 0 Å². The third kappa shape index (κ3) is 7.60. The van der Waals surface area contributed by atoms with E-state index in [9.17, 15) is 4.79 Å². The lowest BCUT2D eigenvalue weighted by Gasteiger charge is -2.36. The van der Waals surface area contributed by atoms with Crippen molar-refractivity contribution in [3.63, 3.8) is 0 Å². The molecule has 1 aliphatic rings. The summed E-state index contributed by atoms with van der Waals surface area (Å²) in [5, 5.41) is 9.16. The van der Waals surface area contributed by atoms with E-state index >= 15 is 0 Å². The van der Waals surface area contributed by atoms with E-state index in [1.807, 2.05) is 42.5 Å². The van der Waals surface area contributed by atoms with Crippen LogP contribution in [-0.2, 0) is 24.2 Å². The summed E-state index contributed by atoms with van der Waals surface area (Å²) in [5.74, 6) is 0.779. The SMILES string of the molecule is Cc1ccc2oc(-c3ccc(COc4ccccc4CCN(CCCCC(=O)O)C4CCCc5nc(C)ccc54)cc3)nc2c1. The van der Waals surface area contributed by atoms with Crippen LogP contribution in [-0.4, -0.2) is 39.0 Å². The van der Waals surface area contributed by atoms with Gasteiger partial charge in [0.2, 0.25) is 5.89 Å². The molecule has 0 aliphatic heterocycles. The summed E-state index contributed by atoms with van der Waals surface area (Å²) in [5.41, 5.74) is 9.59. The van der Waals surface area contributed by atoms with Crippen LogP contribution in [0.15, 0.2) is 83.3 Å². The van der Waals surface area contributed by atoms with Crippen molar-refractivity contribution < 1.29 is 19.1 Å². The van der Waals surface area contributed by atoms with Crippen LogP contribution in [0.4, 0.5) is 0 Å². The predicted octanol–water partition coefficient (Wildman–Crippen LogP) is 8.26. The van der Waals surface area contributed by atoms with E-state index in [0.717, 1.165) is 84.4 Å². The van der Waals surface area contributed by atoms with Crippen molar-refractivity contribution in [1.29, 1.82) is 0 Å². The van der Waals surface area contributed by atoms with Gasteiger partial charge in [0.15, 0.2) is 5.58 Å². The number of hydrogen-bond donors (Lipinski definition) is 1. The average molecular weight is 604 g/mol. The lowest BCUT2D eigenvalue weighted by molar-refractivity contribution is -0.137. The number of pyridine rings is 1. The van der Waals surface area contributed by atoms with Crippen molar-refractivity contribution in [2.45, 2.75) is 71.4 Å². The van der Waals surface area contributed by atoms with Gasteiger partial charge < -0.3 is 14.3 Å². The van der Waals surface area contributed by atoms with Crippen LogP contribution in [0.2, 0.25) is 0 Å². The first kappa shape index (κ1) is 30.5. The van der Waals surface area contributed by atoms with Crippen molar-refractivity contribution in [3.05, 3.63) is 113 Å². The van der Waals surface area contributed by atoms with Crippen LogP contribution in [0, 0.1) is 13.8 Å². The number of aryl methyl sites for hydroxylation is 3. The molecule has 7 nitrogen and oxygen atoms in total. The van der Waals surface area contributed by atoms with Crippen molar-refractivity contribution in [3.8, 4) is 17.2 Å². The van der Waals surface area contributed by atoms with E-state index < -0.39 is 5.97 Å². The zero-order valence-electron chi connectivity index (χ0n) is 26.2. The molecule has 0 amide bonds. The normalized spacial score (nSPS) is 14.5. The van der Waals surface area contributed by atoms with Gasteiger partial charge >= 0.3 is 5.97 Å². The van der Waals surface area contributed by atoms with Crippen LogP contribution in [0.3, 0.4) is 0 Å². The topological polar surface area (TPSA) is 88.7 Å². The standard InChI is InChI=1S/C38H41N3O4/c1-26-13-20-36-33(24-26)40-38(45-36)30-17-15-28(16-18-30)25-44-35-11-4-3-8-29(35)21-23-41(22-6-5-12-37(42)43)34-10-7-9-32-31(34)19-14-27(2)39-32/h3-4,8,11,13-20,24,34H,5-7,9-10,12,21-23,25H2,1-2H3,(H,42,43). The molecule has 5 aromatic rings. The Hall–Kier alpha value is -4.49. The number of rotatable bonds is 13. The number of aliphatic carboxylic acids is 1. The number of hydrogen-bond acceptors (Lipinski definition) is 6. The van der Waals surface area contributed by atoms with E-state index in [1.54, 1.807) is 0 Å². The molecule has 232 valence electrons. The minimum atomic E-state index is -0.730. The van der Waals surface area contributed by atoms with E-state index in [1.165, 1.54) is 16.8 Å². The second-order valence-electron chi connectivity index (χ2n) is 12.1. The summed E-state index contributed by atoms with van der Waals surface area (Å²) >= 11 is 0. The molecule has 2 aromatic heterocycles. The number of aromatic nitrogens is 2. The molecular formula is C38H41N3O4. The third-order valence-electron chi connectivity index (χ3n) is 8.70. The first-order valence-corrected chi connectivity index (χ1v) is 16.0. The molecule has 7 heteroatoms. The summed E-state index contributed by atoms with van der Waals surface area (Å²) in [7, 11) is 0. The Bertz CT molecular complexity index is 1760. The second-order valence-corrected chi connectivity index (χ2v) is 12.1. The molecule has 3 aromatic carbocycles. The maximum atomic E-state index is 11.1. The number of unbranched alkanes of at least 4 members (excludes halogenated alkanes) is 1. The number of ether oxygens (including phenoxy) is 1. The zero-order valence-corrected chi connectivity index (χ0v) is 26.2. The minimum Gasteiger partial charge on any atom is -0.489 e. The maximum Gasteiger partial charge on any atom is 0.303 e. The quantitative estimate of drug-likeness (QED) is 0.136. The molecule has 1 N–H and O–H groups in total. The Labute approximate surface area is 264 Å². The maximum absolute atomic E-state index is 11.1. The highest BCUT2D eigenvalue weighted by atomic mass is 16.5. The molecule has 2 heterocycles. The highest BCUT2D eigenvalue weighted by molar-refractivity contribution is 5.76. The summed E-state index contributed by atoms with van der Waals surface area (Å²) in [6.07, 6.45) is 5.82. The molecule has 1 atom stereocenters. The summed E-state index contributed by atoms with van der Waals surface area (Å²) < 4.78 is 12.3. The van der Waals surface area contributed by atoms with Crippen molar-refractivity contribution >= 4 is 17.1 Å². The van der Waals surface area contributed by atoms with E-state index in [2.05, 4.69) is 60.1 Å². The van der Waals surface area contributed by atoms with Gasteiger partial charge in [0.05, 0.1) is 0 Å². The van der Waals surface area contributed by atoms with Crippen LogP contribution in [0.25, 0.3) is 22.6 Å². The summed E-state index contributed by atoms with van der Waals surface area (Å²) in [4.78, 5) is 23.2. The van der Waals surface area contributed by atoms with Gasteiger partial charge in [-0.1, -0.05) is 42.5 Å². The molecule has 0 radical (unpaired) electrons. The largest absolute Gasteiger partial charge is 0.489 e. The van der Waals surface area contributed by atoms with Gasteiger partial charge in [-0.15, -0.1) is 0 Å². The van der Waals surface area contributed by atoms with E-state index in [4.69, 9.17) is 19.2 Å². The molecule has 0 spiro atoms. The summed E-state index contributed by atoms with van der Waals surface area (Å²) in [6.45, 7) is 6.29. The fourth-order valence-electron chi connectivity index (χ4n) is 6.32. The van der Waals surface area contributed by atoms with Crippen molar-refractivity contribution in [2.24, 2.45) is 0 Å². The molecule has 0 saturated carbocycles. The number of fused-ring (bicyclic) bond motifs is 2. The van der Waals surface area contributed by atoms with Gasteiger partial charge in [-0.2, -0.15) is 0 Å². The Morgan fingerprint density at radius 1 is 0.978 bits per heavy atom. The van der Waals surface area contributed by atoms with Gasteiger partial charge in [0.1, 0.15) is 17.9 Å². The monoisotopic (exact) mass is 603 g/mol. The van der Waals surface area contributed by atoms with Gasteiger partial charge in [-0.25, -0.2) is 4.98 Å². The lowest BCUT2D eigenvalue weighted by Crippen LogP contribution is -2.34. The van der Waals surface area contributed by atoms with E-state index in [-0.39, 0.29) is 6.42 Å². The highest BCUT2D eigenvalue weighted by Crippen LogP contribution is 2.34. The van der Waals surface area contributed by atoms with Crippen LogP contribution in [0.5, 0.6) is 5.75 Å². The third-order valence-corrected chi connectivity index (χ3v) is 8.70. The zero-order chi connectivity index (χ0) is 31.2. The Morgan fingerprint density at radius 3 is 2.67 bits per heavy atom. The smallest absolute Gasteiger partial charge is 0.303 e. The molecular weight excluding hydrogens is 562 g/mol. The van der Waals surface area contributed by atoms with Crippen LogP contribution < -0.4 is 4.74 Å². The fraction of sp³-hybridized carbons (Fsp3) is 0.342. The average Bonchev–Trinajstić information content (AvgIpc) is 3.47. The van der Waals surface area contributed by atoms with Gasteiger partial charge in [-0.05, 0) is 118 Å². The molecule has 1 aliphatic carbocycles. The first-order chi connectivity index (χ1) is 21.9. The number of benzene rings is 3. The number of para-hydroxylation sites is 1. The number of carboxylic acid groups (broad SMARTS) is 1. The summed E-state index contributed by atoms with van der Waals surface area (Å²) in [6, 6.07) is 27.2. The number of carbonyl (C=O) groups is 1. The number of nitrogens with zero attached hydrogens (tertiary/aromatic N) is 3. The highest BCUT2D eigenvalue weighted by Gasteiger charge is 2.27. The van der Waals surface area contributed by atoms with Gasteiger partial charge in [0, 0.05) is 36.0 Å². The van der Waals surface area contributed by atoms with Crippen LogP contribution >= 0.6 is 0 Å². The second kappa shape index (κ2) is 14.1. The molecule has 45 heavy (non-hydrogen) atoms. The van der Waals surface area contributed by atoms with Crippen molar-refractivity contribution in [2.75, 3.05) is 13.1 Å². The molecule has 0 saturated heterocycles. The first-order valence-electron chi connectivity index (χ1n) is 16.0. The molecule has 6 rings (SSSR count). The van der Waals surface area contributed by atoms with Crippen molar-refractivity contribution in [1.82, 2.24) is 14.9 Å². The Balaban J connectivity index is 1.12.